The van der Waals surface area contributed by atoms with Gasteiger partial charge in [-0.1, -0.05) is 0 Å². The molecule has 1 saturated heterocycles. The van der Waals surface area contributed by atoms with Gasteiger partial charge in [0.05, 0.1) is 0 Å². The van der Waals surface area contributed by atoms with Crippen molar-refractivity contribution in [3.05, 3.63) is 0 Å². The van der Waals surface area contributed by atoms with Gasteiger partial charge in [0, 0.05) is 22.6 Å². The lowest BCUT2D eigenvalue weighted by Crippen LogP contribution is -2.39. The van der Waals surface area contributed by atoms with Crippen LogP contribution in [0.3, 0.4) is 0 Å². The van der Waals surface area contributed by atoms with Crippen LogP contribution in [0, 0.1) is 0 Å². The van der Waals surface area contributed by atoms with Crippen LogP contribution in [0.25, 0.3) is 0 Å². The molecule has 82 valence electrons. The molecule has 0 bridgehead atoms. The average molecular weight is 219 g/mol. The van der Waals surface area contributed by atoms with Crippen molar-refractivity contribution < 1.29 is 13.7 Å². The van der Waals surface area contributed by atoms with Gasteiger partial charge in [-0.2, -0.15) is 0 Å². The third-order valence-electron chi connectivity index (χ3n) is 1.87. The minimum Gasteiger partial charge on any atom is -0.444 e. The molecule has 4 nitrogen and oxygen atoms in total. The Morgan fingerprint density at radius 3 is 2.43 bits per heavy atom. The maximum Gasteiger partial charge on any atom is 0.411 e. The fraction of sp³-hybridized carbons (Fsp3) is 0.889. The standard InChI is InChI=1S/C9H17NO3S/c1-7-5-14(12)6-10(7)8(11)13-9(2,3)4/h7H,5-6H2,1-4H3. The molecule has 5 heteroatoms. The number of ether oxygens (including phenoxy) is 1. The summed E-state index contributed by atoms with van der Waals surface area (Å²) in [5.41, 5.74) is -0.485. The second-order valence-corrected chi connectivity index (χ2v) is 6.01. The molecule has 1 fully saturated rings. The molecule has 2 unspecified atom stereocenters. The first-order valence-corrected chi connectivity index (χ1v) is 6.13. The van der Waals surface area contributed by atoms with E-state index in [1.165, 1.54) is 4.90 Å². The molecule has 0 radical (unpaired) electrons. The van der Waals surface area contributed by atoms with Gasteiger partial charge in [-0.25, -0.2) is 4.79 Å². The smallest absolute Gasteiger partial charge is 0.411 e. The lowest BCUT2D eigenvalue weighted by molar-refractivity contribution is 0.0252. The van der Waals surface area contributed by atoms with E-state index in [0.29, 0.717) is 11.6 Å². The monoisotopic (exact) mass is 219 g/mol. The summed E-state index contributed by atoms with van der Waals surface area (Å²) in [6.07, 6.45) is -0.365. The molecule has 1 rings (SSSR count). The molecule has 0 aromatic rings. The number of rotatable bonds is 0. The van der Waals surface area contributed by atoms with Crippen LogP contribution in [0.1, 0.15) is 27.7 Å². The quantitative estimate of drug-likeness (QED) is 0.617. The van der Waals surface area contributed by atoms with Gasteiger partial charge in [0.1, 0.15) is 11.5 Å². The van der Waals surface area contributed by atoms with Crippen LogP contribution in [0.15, 0.2) is 0 Å². The van der Waals surface area contributed by atoms with Gasteiger partial charge >= 0.3 is 6.09 Å². The lowest BCUT2D eigenvalue weighted by Gasteiger charge is -2.26. The third kappa shape index (κ3) is 2.97. The number of hydrogen-bond acceptors (Lipinski definition) is 3. The van der Waals surface area contributed by atoms with E-state index >= 15 is 0 Å². The predicted molar refractivity (Wildman–Crippen MR) is 55.4 cm³/mol. The molecule has 0 aliphatic carbocycles. The summed E-state index contributed by atoms with van der Waals surface area (Å²) >= 11 is 0. The topological polar surface area (TPSA) is 46.6 Å². The molecule has 0 saturated carbocycles. The van der Waals surface area contributed by atoms with E-state index < -0.39 is 16.4 Å². The minimum absolute atomic E-state index is 0.0192. The fourth-order valence-corrected chi connectivity index (χ4v) is 2.74. The minimum atomic E-state index is -0.907. The third-order valence-corrected chi connectivity index (χ3v) is 3.29. The first-order valence-electron chi connectivity index (χ1n) is 4.64. The van der Waals surface area contributed by atoms with E-state index in [1.807, 2.05) is 27.7 Å². The Morgan fingerprint density at radius 2 is 2.07 bits per heavy atom. The highest BCUT2D eigenvalue weighted by Gasteiger charge is 2.33. The zero-order valence-electron chi connectivity index (χ0n) is 9.07. The number of amides is 1. The van der Waals surface area contributed by atoms with Gasteiger partial charge in [0.2, 0.25) is 0 Å². The van der Waals surface area contributed by atoms with Crippen molar-refractivity contribution in [2.75, 3.05) is 11.6 Å². The highest BCUT2D eigenvalue weighted by atomic mass is 32.2. The summed E-state index contributed by atoms with van der Waals surface area (Å²) in [6.45, 7) is 7.35. The predicted octanol–water partition coefficient (Wildman–Crippen LogP) is 1.33. The van der Waals surface area contributed by atoms with Gasteiger partial charge in [0.25, 0.3) is 0 Å². The molecule has 2 atom stereocenters. The van der Waals surface area contributed by atoms with Crippen molar-refractivity contribution in [1.29, 1.82) is 0 Å². The van der Waals surface area contributed by atoms with Gasteiger partial charge in [-0.05, 0) is 27.7 Å². The van der Waals surface area contributed by atoms with Crippen LogP contribution < -0.4 is 0 Å². The second kappa shape index (κ2) is 3.88. The van der Waals surface area contributed by atoms with Crippen molar-refractivity contribution in [3.8, 4) is 0 Å². The van der Waals surface area contributed by atoms with E-state index in [1.54, 1.807) is 0 Å². The van der Waals surface area contributed by atoms with Gasteiger partial charge in [0.15, 0.2) is 0 Å². The number of hydrogen-bond donors (Lipinski definition) is 0. The Bertz CT molecular complexity index is 259. The van der Waals surface area contributed by atoms with Crippen LogP contribution in [0.2, 0.25) is 0 Å². The molecule has 0 N–H and O–H groups in total. The fourth-order valence-electron chi connectivity index (χ4n) is 1.25. The molecule has 0 aromatic heterocycles. The van der Waals surface area contributed by atoms with Crippen molar-refractivity contribution in [3.63, 3.8) is 0 Å². The highest BCUT2D eigenvalue weighted by molar-refractivity contribution is 7.85. The SMILES string of the molecule is CC1CS(=O)CN1C(=O)OC(C)(C)C. The van der Waals surface area contributed by atoms with Crippen LogP contribution in [-0.4, -0.2) is 38.5 Å². The molecule has 1 heterocycles. The van der Waals surface area contributed by atoms with E-state index in [0.717, 1.165) is 0 Å². The second-order valence-electron chi connectivity index (χ2n) is 4.53. The molecule has 1 amide bonds. The van der Waals surface area contributed by atoms with Crippen molar-refractivity contribution in [2.24, 2.45) is 0 Å². The molecule has 0 spiro atoms. The molecule has 0 aromatic carbocycles. The van der Waals surface area contributed by atoms with Gasteiger partial charge in [-0.3, -0.25) is 9.11 Å². The Labute approximate surface area is 87.1 Å². The van der Waals surface area contributed by atoms with Gasteiger partial charge in [-0.15, -0.1) is 0 Å². The number of carbonyl (C=O) groups is 1. The average Bonchev–Trinajstić information content (AvgIpc) is 2.26. The van der Waals surface area contributed by atoms with Crippen LogP contribution >= 0.6 is 0 Å². The van der Waals surface area contributed by atoms with E-state index in [9.17, 15) is 9.00 Å². The van der Waals surface area contributed by atoms with Gasteiger partial charge < -0.3 is 4.74 Å². The lowest BCUT2D eigenvalue weighted by atomic mass is 10.2. The Hall–Kier alpha value is -0.580. The summed E-state index contributed by atoms with van der Waals surface area (Å²) in [4.78, 5) is 13.1. The Kier molecular flexibility index (Phi) is 3.19. The van der Waals surface area contributed by atoms with Crippen molar-refractivity contribution >= 4 is 16.9 Å². The van der Waals surface area contributed by atoms with Crippen molar-refractivity contribution in [2.45, 2.75) is 39.3 Å². The number of nitrogens with zero attached hydrogens (tertiary/aromatic N) is 1. The molecular weight excluding hydrogens is 202 g/mol. The summed E-state index contributed by atoms with van der Waals surface area (Å²) < 4.78 is 16.4. The molecule has 1 aliphatic rings. The maximum absolute atomic E-state index is 11.6. The summed E-state index contributed by atoms with van der Waals surface area (Å²) in [7, 11) is -0.907. The van der Waals surface area contributed by atoms with E-state index in [4.69, 9.17) is 4.74 Å². The highest BCUT2D eigenvalue weighted by Crippen LogP contribution is 2.16. The van der Waals surface area contributed by atoms with Crippen LogP contribution in [0.5, 0.6) is 0 Å². The Balaban J connectivity index is 2.58. The van der Waals surface area contributed by atoms with Crippen LogP contribution in [-0.2, 0) is 15.5 Å². The largest absolute Gasteiger partial charge is 0.444 e. The first-order chi connectivity index (χ1) is 6.29. The Morgan fingerprint density at radius 1 is 1.50 bits per heavy atom. The summed E-state index contributed by atoms with van der Waals surface area (Å²) in [6, 6.07) is 0.0192. The zero-order valence-corrected chi connectivity index (χ0v) is 9.89. The molecule has 1 aliphatic heterocycles. The normalized spacial score (nSPS) is 27.9. The van der Waals surface area contributed by atoms with Crippen LogP contribution in [0.4, 0.5) is 4.79 Å². The van der Waals surface area contributed by atoms with E-state index in [2.05, 4.69) is 0 Å². The number of carbonyl (C=O) groups excluding carboxylic acids is 1. The zero-order chi connectivity index (χ0) is 10.9. The maximum atomic E-state index is 11.6. The first kappa shape index (κ1) is 11.5. The van der Waals surface area contributed by atoms with Crippen molar-refractivity contribution in [1.82, 2.24) is 4.90 Å². The molecule has 14 heavy (non-hydrogen) atoms. The summed E-state index contributed by atoms with van der Waals surface area (Å²) in [5, 5.41) is 0. The van der Waals surface area contributed by atoms with E-state index in [-0.39, 0.29) is 12.1 Å². The summed E-state index contributed by atoms with van der Waals surface area (Å²) in [5.74, 6) is 0.856. The molecular formula is C9H17NO3S.